The van der Waals surface area contributed by atoms with Crippen molar-refractivity contribution in [1.29, 1.82) is 0 Å². The minimum absolute atomic E-state index is 0.00997. The van der Waals surface area contributed by atoms with Crippen LogP contribution in [0.2, 0.25) is 0 Å². The Labute approximate surface area is 131 Å². The van der Waals surface area contributed by atoms with Crippen molar-refractivity contribution in [3.63, 3.8) is 0 Å². The van der Waals surface area contributed by atoms with E-state index in [-0.39, 0.29) is 5.41 Å². The van der Waals surface area contributed by atoms with Crippen molar-refractivity contribution in [1.82, 2.24) is 9.55 Å². The normalized spacial score (nSPS) is 14.5. The van der Waals surface area contributed by atoms with Crippen molar-refractivity contribution in [2.24, 2.45) is 5.73 Å². The van der Waals surface area contributed by atoms with Gasteiger partial charge >= 0.3 is 0 Å². The molecule has 120 valence electrons. The molecule has 0 radical (unpaired) electrons. The van der Waals surface area contributed by atoms with Crippen molar-refractivity contribution in [3.05, 3.63) is 18.0 Å². The molecule has 22 heavy (non-hydrogen) atoms. The largest absolute Gasteiger partial charge is 0.486 e. The second kappa shape index (κ2) is 5.80. The van der Waals surface area contributed by atoms with Crippen molar-refractivity contribution in [2.45, 2.75) is 45.6 Å². The molecule has 0 aliphatic carbocycles. The van der Waals surface area contributed by atoms with Gasteiger partial charge in [0.2, 0.25) is 0 Å². The summed E-state index contributed by atoms with van der Waals surface area (Å²) in [7, 11) is 0. The molecule has 2 heterocycles. The van der Waals surface area contributed by atoms with Crippen LogP contribution in [0.25, 0.3) is 11.0 Å². The first-order valence-electron chi connectivity index (χ1n) is 8.01. The zero-order valence-corrected chi connectivity index (χ0v) is 13.7. The van der Waals surface area contributed by atoms with Crippen LogP contribution in [-0.2, 0) is 12.0 Å². The maximum absolute atomic E-state index is 5.72. The summed E-state index contributed by atoms with van der Waals surface area (Å²) in [5, 5.41) is 0. The van der Waals surface area contributed by atoms with Crippen LogP contribution in [0.3, 0.4) is 0 Å². The Morgan fingerprint density at radius 1 is 1.14 bits per heavy atom. The lowest BCUT2D eigenvalue weighted by atomic mass is 9.95. The molecule has 0 unspecified atom stereocenters. The average molecular weight is 303 g/mol. The molecule has 0 saturated heterocycles. The number of nitrogens with zero attached hydrogens (tertiary/aromatic N) is 2. The van der Waals surface area contributed by atoms with Crippen LogP contribution < -0.4 is 15.2 Å². The molecule has 0 atom stereocenters. The van der Waals surface area contributed by atoms with E-state index in [1.165, 1.54) is 0 Å². The third-order valence-corrected chi connectivity index (χ3v) is 3.92. The molecule has 0 fully saturated rings. The third kappa shape index (κ3) is 2.77. The molecule has 2 N–H and O–H groups in total. The molecule has 0 amide bonds. The fraction of sp³-hybridized carbons (Fsp3) is 0.588. The molecule has 2 aromatic rings. The molecule has 1 aliphatic rings. The van der Waals surface area contributed by atoms with Gasteiger partial charge in [0, 0.05) is 24.1 Å². The fourth-order valence-corrected chi connectivity index (χ4v) is 2.87. The van der Waals surface area contributed by atoms with Gasteiger partial charge in [0.15, 0.2) is 11.5 Å². The number of hydrogen-bond acceptors (Lipinski definition) is 4. The third-order valence-electron chi connectivity index (χ3n) is 3.92. The van der Waals surface area contributed by atoms with Gasteiger partial charge in [-0.1, -0.05) is 20.8 Å². The summed E-state index contributed by atoms with van der Waals surface area (Å²) in [5.41, 5.74) is 7.72. The predicted molar refractivity (Wildman–Crippen MR) is 87.7 cm³/mol. The molecular weight excluding hydrogens is 278 g/mol. The summed E-state index contributed by atoms with van der Waals surface area (Å²) in [6, 6.07) is 4.06. The Morgan fingerprint density at radius 3 is 2.45 bits per heavy atom. The number of fused-ring (bicyclic) bond motifs is 2. The van der Waals surface area contributed by atoms with Gasteiger partial charge in [-0.2, -0.15) is 0 Å². The number of unbranched alkanes of at least 4 members (excludes halogenated alkanes) is 1. The van der Waals surface area contributed by atoms with Gasteiger partial charge in [-0.05, 0) is 19.4 Å². The van der Waals surface area contributed by atoms with Crippen molar-refractivity contribution in [3.8, 4) is 11.5 Å². The first-order valence-corrected chi connectivity index (χ1v) is 8.01. The monoisotopic (exact) mass is 303 g/mol. The summed E-state index contributed by atoms with van der Waals surface area (Å²) in [5.74, 6) is 2.71. The lowest BCUT2D eigenvalue weighted by molar-refractivity contribution is 0.172. The van der Waals surface area contributed by atoms with E-state index >= 15 is 0 Å². The predicted octanol–water partition coefficient (Wildman–Crippen LogP) is 2.84. The summed E-state index contributed by atoms with van der Waals surface area (Å²) >= 11 is 0. The van der Waals surface area contributed by atoms with E-state index in [0.717, 1.165) is 54.3 Å². The van der Waals surface area contributed by atoms with Gasteiger partial charge in [0.25, 0.3) is 0 Å². The second-order valence-corrected chi connectivity index (χ2v) is 6.82. The fourth-order valence-electron chi connectivity index (χ4n) is 2.87. The number of aryl methyl sites for hydroxylation is 1. The minimum atomic E-state index is -0.00997. The summed E-state index contributed by atoms with van der Waals surface area (Å²) in [6.45, 7) is 9.44. The van der Waals surface area contributed by atoms with Crippen LogP contribution in [0, 0.1) is 0 Å². The first kappa shape index (κ1) is 15.2. The SMILES string of the molecule is CC(C)(C)c1nc2cc3c(cc2n1CCCCN)OCCO3. The van der Waals surface area contributed by atoms with Gasteiger partial charge in [-0.25, -0.2) is 4.98 Å². The number of nitrogens with two attached hydrogens (primary N) is 1. The number of aromatic nitrogens is 2. The van der Waals surface area contributed by atoms with E-state index < -0.39 is 0 Å². The Balaban J connectivity index is 2.10. The summed E-state index contributed by atoms with van der Waals surface area (Å²) in [4.78, 5) is 4.87. The summed E-state index contributed by atoms with van der Waals surface area (Å²) < 4.78 is 13.7. The minimum Gasteiger partial charge on any atom is -0.486 e. The van der Waals surface area contributed by atoms with Gasteiger partial charge in [-0.3, -0.25) is 0 Å². The van der Waals surface area contributed by atoms with Crippen molar-refractivity contribution in [2.75, 3.05) is 19.8 Å². The first-order chi connectivity index (χ1) is 10.5. The number of imidazole rings is 1. The van der Waals surface area contributed by atoms with E-state index in [1.807, 2.05) is 6.07 Å². The van der Waals surface area contributed by atoms with Crippen molar-refractivity contribution >= 4 is 11.0 Å². The number of ether oxygens (including phenoxy) is 2. The highest BCUT2D eigenvalue weighted by Crippen LogP contribution is 2.36. The second-order valence-electron chi connectivity index (χ2n) is 6.82. The number of benzene rings is 1. The van der Waals surface area contributed by atoms with E-state index in [4.69, 9.17) is 20.2 Å². The molecule has 0 bridgehead atoms. The van der Waals surface area contributed by atoms with E-state index in [0.29, 0.717) is 13.2 Å². The Morgan fingerprint density at radius 2 is 1.82 bits per heavy atom. The molecule has 0 spiro atoms. The molecule has 5 nitrogen and oxygen atoms in total. The zero-order valence-electron chi connectivity index (χ0n) is 13.7. The molecule has 1 aromatic heterocycles. The lowest BCUT2D eigenvalue weighted by Crippen LogP contribution is -2.19. The Kier molecular flexibility index (Phi) is 4.00. The molecule has 3 rings (SSSR count). The smallest absolute Gasteiger partial charge is 0.163 e. The lowest BCUT2D eigenvalue weighted by Gasteiger charge is -2.21. The summed E-state index contributed by atoms with van der Waals surface area (Å²) in [6.07, 6.45) is 2.08. The topological polar surface area (TPSA) is 62.3 Å². The van der Waals surface area contributed by atoms with Gasteiger partial charge in [0.1, 0.15) is 19.0 Å². The highest BCUT2D eigenvalue weighted by molar-refractivity contribution is 5.81. The zero-order chi connectivity index (χ0) is 15.7. The molecule has 1 aliphatic heterocycles. The quantitative estimate of drug-likeness (QED) is 0.882. The van der Waals surface area contributed by atoms with E-state index in [2.05, 4.69) is 31.4 Å². The van der Waals surface area contributed by atoms with Crippen LogP contribution in [0.4, 0.5) is 0 Å². The molecule has 5 heteroatoms. The molecular formula is C17H25N3O2. The van der Waals surface area contributed by atoms with E-state index in [1.54, 1.807) is 0 Å². The highest BCUT2D eigenvalue weighted by atomic mass is 16.6. The van der Waals surface area contributed by atoms with E-state index in [9.17, 15) is 0 Å². The highest BCUT2D eigenvalue weighted by Gasteiger charge is 2.24. The van der Waals surface area contributed by atoms with Gasteiger partial charge in [0.05, 0.1) is 11.0 Å². The molecule has 1 aromatic carbocycles. The Hall–Kier alpha value is -1.75. The maximum atomic E-state index is 5.72. The van der Waals surface area contributed by atoms with Crippen LogP contribution in [0.1, 0.15) is 39.4 Å². The maximum Gasteiger partial charge on any atom is 0.163 e. The van der Waals surface area contributed by atoms with Gasteiger partial charge in [-0.15, -0.1) is 0 Å². The van der Waals surface area contributed by atoms with Gasteiger partial charge < -0.3 is 19.8 Å². The van der Waals surface area contributed by atoms with Crippen molar-refractivity contribution < 1.29 is 9.47 Å². The van der Waals surface area contributed by atoms with Crippen LogP contribution >= 0.6 is 0 Å². The number of rotatable bonds is 4. The Bertz CT molecular complexity index is 671. The standard InChI is InChI=1S/C17H25N3O2/c1-17(2,3)16-19-12-10-14-15(22-9-8-21-14)11-13(12)20(16)7-5-4-6-18/h10-11H,4-9,18H2,1-3H3. The van der Waals surface area contributed by atoms with Crippen LogP contribution in [0.15, 0.2) is 12.1 Å². The molecule has 0 saturated carbocycles. The van der Waals surface area contributed by atoms with Crippen LogP contribution in [0.5, 0.6) is 11.5 Å². The average Bonchev–Trinajstić information content (AvgIpc) is 2.83. The number of hydrogen-bond donors (Lipinski definition) is 1. The van der Waals surface area contributed by atoms with Crippen LogP contribution in [-0.4, -0.2) is 29.3 Å².